The first-order valence-electron chi connectivity index (χ1n) is 6.63. The van der Waals surface area contributed by atoms with Crippen LogP contribution >= 0.6 is 0 Å². The van der Waals surface area contributed by atoms with Gasteiger partial charge in [0.15, 0.2) is 0 Å². The summed E-state index contributed by atoms with van der Waals surface area (Å²) < 4.78 is 0. The van der Waals surface area contributed by atoms with Crippen LogP contribution in [0.1, 0.15) is 32.6 Å². The van der Waals surface area contributed by atoms with Gasteiger partial charge in [0.2, 0.25) is 0 Å². The summed E-state index contributed by atoms with van der Waals surface area (Å²) in [5, 5.41) is 8.66. The van der Waals surface area contributed by atoms with Crippen molar-refractivity contribution in [1.82, 2.24) is 9.80 Å². The Morgan fingerprint density at radius 3 is 2.56 bits per heavy atom. The molecule has 1 aliphatic carbocycles. The molecule has 2 rings (SSSR count). The van der Waals surface area contributed by atoms with Gasteiger partial charge in [0.1, 0.15) is 0 Å². The van der Waals surface area contributed by atoms with Crippen LogP contribution in [0, 0.1) is 17.2 Å². The number of rotatable bonds is 2. The third-order valence-corrected chi connectivity index (χ3v) is 4.13. The molecular formula is C13H23N3. The molecule has 0 radical (unpaired) electrons. The van der Waals surface area contributed by atoms with Gasteiger partial charge in [-0.2, -0.15) is 5.26 Å². The summed E-state index contributed by atoms with van der Waals surface area (Å²) in [4.78, 5) is 4.92. The predicted octanol–water partition coefficient (Wildman–Crippen LogP) is 1.71. The molecule has 2 atom stereocenters. The zero-order chi connectivity index (χ0) is 11.4. The Morgan fingerprint density at radius 1 is 1.19 bits per heavy atom. The zero-order valence-electron chi connectivity index (χ0n) is 10.4. The fourth-order valence-corrected chi connectivity index (χ4v) is 3.12. The van der Waals surface area contributed by atoms with Crippen molar-refractivity contribution in [2.45, 2.75) is 38.6 Å². The van der Waals surface area contributed by atoms with Gasteiger partial charge in [-0.3, -0.25) is 9.80 Å². The third kappa shape index (κ3) is 2.96. The molecule has 0 amide bonds. The highest BCUT2D eigenvalue weighted by molar-refractivity contribution is 4.85. The van der Waals surface area contributed by atoms with E-state index in [1.807, 2.05) is 0 Å². The highest BCUT2D eigenvalue weighted by atomic mass is 15.3. The van der Waals surface area contributed by atoms with Crippen LogP contribution in [-0.2, 0) is 0 Å². The number of piperazine rings is 1. The molecule has 2 aliphatic rings. The fraction of sp³-hybridized carbons (Fsp3) is 0.923. The largest absolute Gasteiger partial charge is 0.298 e. The van der Waals surface area contributed by atoms with E-state index in [4.69, 9.17) is 5.26 Å². The maximum absolute atomic E-state index is 8.66. The summed E-state index contributed by atoms with van der Waals surface area (Å²) in [7, 11) is 0. The van der Waals surface area contributed by atoms with E-state index in [0.29, 0.717) is 6.54 Å². The van der Waals surface area contributed by atoms with Gasteiger partial charge < -0.3 is 0 Å². The van der Waals surface area contributed by atoms with Crippen molar-refractivity contribution < 1.29 is 0 Å². The third-order valence-electron chi connectivity index (χ3n) is 4.13. The lowest BCUT2D eigenvalue weighted by molar-refractivity contribution is 0.0746. The average molecular weight is 221 g/mol. The molecule has 1 heterocycles. The van der Waals surface area contributed by atoms with Crippen molar-refractivity contribution in [1.29, 1.82) is 5.26 Å². The van der Waals surface area contributed by atoms with Crippen LogP contribution in [0.5, 0.6) is 0 Å². The van der Waals surface area contributed by atoms with Crippen LogP contribution in [0.4, 0.5) is 0 Å². The molecule has 90 valence electrons. The molecule has 3 nitrogen and oxygen atoms in total. The lowest BCUT2D eigenvalue weighted by Crippen LogP contribution is -2.51. The summed E-state index contributed by atoms with van der Waals surface area (Å²) in [5.41, 5.74) is 0. The van der Waals surface area contributed by atoms with E-state index in [1.54, 1.807) is 0 Å². The highest BCUT2D eigenvalue weighted by Gasteiger charge is 2.27. The van der Waals surface area contributed by atoms with Gasteiger partial charge in [-0.15, -0.1) is 0 Å². The van der Waals surface area contributed by atoms with E-state index in [-0.39, 0.29) is 0 Å². The lowest BCUT2D eigenvalue weighted by Gasteiger charge is -2.41. The molecule has 1 saturated heterocycles. The molecule has 1 aliphatic heterocycles. The monoisotopic (exact) mass is 221 g/mol. The van der Waals surface area contributed by atoms with Crippen molar-refractivity contribution in [2.75, 3.05) is 32.7 Å². The minimum Gasteiger partial charge on any atom is -0.298 e. The second-order valence-corrected chi connectivity index (χ2v) is 5.40. The Morgan fingerprint density at radius 2 is 1.94 bits per heavy atom. The minimum atomic E-state index is 0.606. The van der Waals surface area contributed by atoms with E-state index in [0.717, 1.165) is 25.0 Å². The molecule has 0 aromatic carbocycles. The van der Waals surface area contributed by atoms with E-state index < -0.39 is 0 Å². The molecule has 2 fully saturated rings. The van der Waals surface area contributed by atoms with Crippen LogP contribution in [-0.4, -0.2) is 48.6 Å². The molecule has 0 aromatic rings. The summed E-state index contributed by atoms with van der Waals surface area (Å²) in [5.74, 6) is 0.913. The molecule has 1 saturated carbocycles. The van der Waals surface area contributed by atoms with Crippen LogP contribution < -0.4 is 0 Å². The van der Waals surface area contributed by atoms with Crippen LogP contribution in [0.15, 0.2) is 0 Å². The summed E-state index contributed by atoms with van der Waals surface area (Å²) in [6.45, 7) is 7.49. The Balaban J connectivity index is 1.78. The number of nitrogens with zero attached hydrogens (tertiary/aromatic N) is 3. The van der Waals surface area contributed by atoms with Gasteiger partial charge in [0.05, 0.1) is 12.6 Å². The quantitative estimate of drug-likeness (QED) is 0.665. The maximum atomic E-state index is 8.66. The van der Waals surface area contributed by atoms with Crippen molar-refractivity contribution in [2.24, 2.45) is 5.92 Å². The molecule has 3 heteroatoms. The molecule has 0 spiro atoms. The van der Waals surface area contributed by atoms with Crippen LogP contribution in [0.2, 0.25) is 0 Å². The Hall–Kier alpha value is -0.590. The molecule has 16 heavy (non-hydrogen) atoms. The van der Waals surface area contributed by atoms with Crippen LogP contribution in [0.25, 0.3) is 0 Å². The lowest BCUT2D eigenvalue weighted by atomic mass is 9.86. The summed E-state index contributed by atoms with van der Waals surface area (Å²) in [6.07, 6.45) is 5.61. The second kappa shape index (κ2) is 5.65. The second-order valence-electron chi connectivity index (χ2n) is 5.40. The maximum Gasteiger partial charge on any atom is 0.0866 e. The van der Waals surface area contributed by atoms with Gasteiger partial charge in [-0.1, -0.05) is 19.8 Å². The molecule has 0 bridgehead atoms. The van der Waals surface area contributed by atoms with Crippen molar-refractivity contribution in [3.63, 3.8) is 0 Å². The van der Waals surface area contributed by atoms with Crippen molar-refractivity contribution in [3.8, 4) is 6.07 Å². The van der Waals surface area contributed by atoms with Crippen molar-refractivity contribution >= 4 is 0 Å². The summed E-state index contributed by atoms with van der Waals surface area (Å²) >= 11 is 0. The SMILES string of the molecule is CC1CCCC(N2CCN(CC#N)CC2)C1. The molecule has 0 N–H and O–H groups in total. The van der Waals surface area contributed by atoms with E-state index >= 15 is 0 Å². The molecular weight excluding hydrogens is 198 g/mol. The molecule has 2 unspecified atom stereocenters. The first-order valence-corrected chi connectivity index (χ1v) is 6.63. The smallest absolute Gasteiger partial charge is 0.0866 e. The zero-order valence-corrected chi connectivity index (χ0v) is 10.4. The van der Waals surface area contributed by atoms with E-state index in [1.165, 1.54) is 38.8 Å². The van der Waals surface area contributed by atoms with Gasteiger partial charge >= 0.3 is 0 Å². The first-order chi connectivity index (χ1) is 7.79. The number of hydrogen-bond donors (Lipinski definition) is 0. The minimum absolute atomic E-state index is 0.606. The topological polar surface area (TPSA) is 30.3 Å². The average Bonchev–Trinajstić information content (AvgIpc) is 2.30. The Kier molecular flexibility index (Phi) is 4.20. The van der Waals surface area contributed by atoms with Gasteiger partial charge in [-0.05, 0) is 18.8 Å². The van der Waals surface area contributed by atoms with E-state index in [2.05, 4.69) is 22.8 Å². The van der Waals surface area contributed by atoms with Gasteiger partial charge in [0, 0.05) is 32.2 Å². The Bertz CT molecular complexity index is 250. The number of hydrogen-bond acceptors (Lipinski definition) is 3. The number of nitriles is 1. The molecule has 0 aromatic heterocycles. The van der Waals surface area contributed by atoms with Gasteiger partial charge in [0.25, 0.3) is 0 Å². The van der Waals surface area contributed by atoms with Gasteiger partial charge in [-0.25, -0.2) is 0 Å². The first kappa shape index (κ1) is 11.9. The standard InChI is InChI=1S/C13H23N3/c1-12-3-2-4-13(11-12)16-9-7-15(6-5-14)8-10-16/h12-13H,2-4,6-11H2,1H3. The Labute approximate surface area is 99.0 Å². The predicted molar refractivity (Wildman–Crippen MR) is 65.0 cm³/mol. The van der Waals surface area contributed by atoms with E-state index in [9.17, 15) is 0 Å². The van der Waals surface area contributed by atoms with Crippen LogP contribution in [0.3, 0.4) is 0 Å². The van der Waals surface area contributed by atoms with Crippen molar-refractivity contribution in [3.05, 3.63) is 0 Å². The fourth-order valence-electron chi connectivity index (χ4n) is 3.12. The summed E-state index contributed by atoms with van der Waals surface area (Å²) in [6, 6.07) is 3.07. The normalized spacial score (nSPS) is 33.5. The highest BCUT2D eigenvalue weighted by Crippen LogP contribution is 2.27.